The molecule has 1 aromatic carbocycles. The molecule has 0 bridgehead atoms. The zero-order valence-electron chi connectivity index (χ0n) is 15.7. The second-order valence-corrected chi connectivity index (χ2v) is 7.16. The number of aliphatic hydroxyl groups excluding tert-OH is 1. The highest BCUT2D eigenvalue weighted by atomic mass is 16.5. The number of ketones is 1. The summed E-state index contributed by atoms with van der Waals surface area (Å²) in [6.07, 6.45) is 7.10. The Labute approximate surface area is 163 Å². The van der Waals surface area contributed by atoms with E-state index in [2.05, 4.69) is 4.98 Å². The van der Waals surface area contributed by atoms with Crippen molar-refractivity contribution in [2.24, 2.45) is 0 Å². The molecule has 1 amide bonds. The highest BCUT2D eigenvalue weighted by Gasteiger charge is 2.49. The first-order chi connectivity index (χ1) is 13.6. The van der Waals surface area contributed by atoms with Crippen LogP contribution in [-0.4, -0.2) is 39.8 Å². The predicted molar refractivity (Wildman–Crippen MR) is 104 cm³/mol. The molecule has 28 heavy (non-hydrogen) atoms. The third kappa shape index (κ3) is 3.05. The number of carbonyl (C=O) groups excluding carboxylic acids is 2. The summed E-state index contributed by atoms with van der Waals surface area (Å²) in [4.78, 5) is 31.7. The van der Waals surface area contributed by atoms with E-state index in [4.69, 9.17) is 4.74 Å². The van der Waals surface area contributed by atoms with Gasteiger partial charge in [0.15, 0.2) is 0 Å². The number of Topliss-reactive ketones (excluding diaryl/α,β-unsaturated/α-hetero) is 1. The molecular formula is C22H22N2O4. The summed E-state index contributed by atoms with van der Waals surface area (Å²) in [7, 11) is 1.56. The number of aromatic nitrogens is 1. The van der Waals surface area contributed by atoms with Gasteiger partial charge in [-0.1, -0.05) is 18.9 Å². The number of pyridine rings is 1. The van der Waals surface area contributed by atoms with E-state index >= 15 is 0 Å². The van der Waals surface area contributed by atoms with Crippen LogP contribution >= 0.6 is 0 Å². The van der Waals surface area contributed by atoms with E-state index < -0.39 is 17.7 Å². The number of methoxy groups -OCH3 is 1. The standard InChI is InChI=1S/C22H22N2O4/c1-28-17-10-8-14(9-11-17)20(25)18-19(15-5-4-12-23-13-15)24(22(27)21(18)26)16-6-2-3-7-16/h4-5,8-13,16,19,25H,2-3,6-7H2,1H3/b20-18-. The number of amides is 1. The molecule has 2 aliphatic rings. The van der Waals surface area contributed by atoms with Gasteiger partial charge in [0.05, 0.1) is 18.7 Å². The number of hydrogen-bond donors (Lipinski definition) is 1. The summed E-state index contributed by atoms with van der Waals surface area (Å²) >= 11 is 0. The molecule has 0 spiro atoms. The third-order valence-corrected chi connectivity index (χ3v) is 5.56. The summed E-state index contributed by atoms with van der Waals surface area (Å²) < 4.78 is 5.15. The maximum absolute atomic E-state index is 12.9. The van der Waals surface area contributed by atoms with E-state index in [1.165, 1.54) is 0 Å². The molecule has 6 nitrogen and oxygen atoms in total. The van der Waals surface area contributed by atoms with Crippen molar-refractivity contribution < 1.29 is 19.4 Å². The molecule has 6 heteroatoms. The molecule has 4 rings (SSSR count). The summed E-state index contributed by atoms with van der Waals surface area (Å²) in [6.45, 7) is 0. The Morgan fingerprint density at radius 3 is 2.46 bits per heavy atom. The van der Waals surface area contributed by atoms with Crippen molar-refractivity contribution in [2.75, 3.05) is 7.11 Å². The summed E-state index contributed by atoms with van der Waals surface area (Å²) in [5.74, 6) is -0.716. The molecule has 1 atom stereocenters. The van der Waals surface area contributed by atoms with E-state index in [1.807, 2.05) is 6.07 Å². The van der Waals surface area contributed by atoms with Gasteiger partial charge in [-0.25, -0.2) is 0 Å². The van der Waals surface area contributed by atoms with Crippen molar-refractivity contribution in [1.82, 2.24) is 9.88 Å². The van der Waals surface area contributed by atoms with Gasteiger partial charge in [0.25, 0.3) is 11.7 Å². The predicted octanol–water partition coefficient (Wildman–Crippen LogP) is 3.45. The Balaban J connectivity index is 1.85. The van der Waals surface area contributed by atoms with E-state index in [0.717, 1.165) is 31.2 Å². The fourth-order valence-electron chi connectivity index (χ4n) is 4.18. The zero-order chi connectivity index (χ0) is 19.7. The quantitative estimate of drug-likeness (QED) is 0.501. The topological polar surface area (TPSA) is 79.7 Å². The number of nitrogens with zero attached hydrogens (tertiary/aromatic N) is 2. The van der Waals surface area contributed by atoms with Crippen molar-refractivity contribution in [1.29, 1.82) is 0 Å². The van der Waals surface area contributed by atoms with Crippen LogP contribution in [0.3, 0.4) is 0 Å². The maximum Gasteiger partial charge on any atom is 0.295 e. The number of ether oxygens (including phenoxy) is 1. The van der Waals surface area contributed by atoms with Gasteiger partial charge in [-0.2, -0.15) is 0 Å². The molecule has 1 aliphatic heterocycles. The van der Waals surface area contributed by atoms with Gasteiger partial charge in [0, 0.05) is 24.0 Å². The minimum atomic E-state index is -0.644. The molecule has 1 aromatic heterocycles. The van der Waals surface area contributed by atoms with Crippen LogP contribution < -0.4 is 4.74 Å². The Bertz CT molecular complexity index is 915. The minimum Gasteiger partial charge on any atom is -0.507 e. The number of rotatable bonds is 4. The van der Waals surface area contributed by atoms with Crippen molar-refractivity contribution in [2.45, 2.75) is 37.8 Å². The van der Waals surface area contributed by atoms with Crippen molar-refractivity contribution in [3.05, 3.63) is 65.5 Å². The Hall–Kier alpha value is -3.15. The second kappa shape index (κ2) is 7.46. The lowest BCUT2D eigenvalue weighted by Gasteiger charge is -2.30. The Morgan fingerprint density at radius 1 is 1.14 bits per heavy atom. The van der Waals surface area contributed by atoms with Gasteiger partial charge in [-0.3, -0.25) is 14.6 Å². The lowest BCUT2D eigenvalue weighted by Crippen LogP contribution is -2.37. The minimum absolute atomic E-state index is 0.00261. The summed E-state index contributed by atoms with van der Waals surface area (Å²) in [5.41, 5.74) is 1.32. The zero-order valence-corrected chi connectivity index (χ0v) is 15.7. The lowest BCUT2D eigenvalue weighted by molar-refractivity contribution is -0.141. The number of aliphatic hydroxyl groups is 1. The van der Waals surface area contributed by atoms with Gasteiger partial charge in [0.2, 0.25) is 0 Å². The molecule has 2 aromatic rings. The van der Waals surface area contributed by atoms with Crippen LogP contribution in [0.1, 0.15) is 42.9 Å². The summed E-state index contributed by atoms with van der Waals surface area (Å²) in [5, 5.41) is 11.0. The van der Waals surface area contributed by atoms with Crippen LogP contribution in [0.2, 0.25) is 0 Å². The first kappa shape index (κ1) is 18.2. The lowest BCUT2D eigenvalue weighted by atomic mass is 9.95. The molecule has 1 saturated heterocycles. The number of carbonyl (C=O) groups is 2. The molecular weight excluding hydrogens is 356 g/mol. The Morgan fingerprint density at radius 2 is 1.86 bits per heavy atom. The van der Waals surface area contributed by atoms with Crippen LogP contribution in [-0.2, 0) is 9.59 Å². The fourth-order valence-corrected chi connectivity index (χ4v) is 4.18. The van der Waals surface area contributed by atoms with Crippen molar-refractivity contribution in [3.63, 3.8) is 0 Å². The molecule has 1 unspecified atom stereocenters. The van der Waals surface area contributed by atoms with Gasteiger partial charge in [-0.05, 0) is 48.7 Å². The number of likely N-dealkylation sites (tertiary alicyclic amines) is 1. The molecule has 2 fully saturated rings. The smallest absolute Gasteiger partial charge is 0.295 e. The highest BCUT2D eigenvalue weighted by Crippen LogP contribution is 2.43. The average Bonchev–Trinajstić information content (AvgIpc) is 3.35. The highest BCUT2D eigenvalue weighted by molar-refractivity contribution is 6.46. The van der Waals surface area contributed by atoms with E-state index in [9.17, 15) is 14.7 Å². The van der Waals surface area contributed by atoms with Crippen molar-refractivity contribution in [3.8, 4) is 5.75 Å². The van der Waals surface area contributed by atoms with Gasteiger partial charge in [0.1, 0.15) is 11.5 Å². The largest absolute Gasteiger partial charge is 0.507 e. The normalized spacial score (nSPS) is 22.0. The van der Waals surface area contributed by atoms with E-state index in [-0.39, 0.29) is 17.4 Å². The summed E-state index contributed by atoms with van der Waals surface area (Å²) in [6, 6.07) is 9.77. The van der Waals surface area contributed by atoms with Crippen molar-refractivity contribution >= 4 is 17.4 Å². The molecule has 2 heterocycles. The van der Waals surface area contributed by atoms with Crippen LogP contribution in [0.25, 0.3) is 5.76 Å². The van der Waals surface area contributed by atoms with Crippen LogP contribution in [0, 0.1) is 0 Å². The molecule has 1 saturated carbocycles. The fraction of sp³-hybridized carbons (Fsp3) is 0.318. The van der Waals surface area contributed by atoms with Gasteiger partial charge < -0.3 is 14.7 Å². The van der Waals surface area contributed by atoms with Gasteiger partial charge >= 0.3 is 0 Å². The van der Waals surface area contributed by atoms with Crippen LogP contribution in [0.4, 0.5) is 0 Å². The second-order valence-electron chi connectivity index (χ2n) is 7.16. The van der Waals surface area contributed by atoms with Gasteiger partial charge in [-0.15, -0.1) is 0 Å². The van der Waals surface area contributed by atoms with E-state index in [1.54, 1.807) is 54.7 Å². The first-order valence-corrected chi connectivity index (χ1v) is 9.46. The first-order valence-electron chi connectivity index (χ1n) is 9.46. The maximum atomic E-state index is 12.9. The SMILES string of the molecule is COc1ccc(/C(O)=C2/C(=O)C(=O)N(C3CCCC3)C2c2cccnc2)cc1. The van der Waals surface area contributed by atoms with Crippen LogP contribution in [0.15, 0.2) is 54.4 Å². The average molecular weight is 378 g/mol. The third-order valence-electron chi connectivity index (χ3n) is 5.56. The monoisotopic (exact) mass is 378 g/mol. The Kier molecular flexibility index (Phi) is 4.86. The molecule has 144 valence electrons. The van der Waals surface area contributed by atoms with E-state index in [0.29, 0.717) is 11.3 Å². The molecule has 1 N–H and O–H groups in total. The molecule has 1 aliphatic carbocycles. The van der Waals surface area contributed by atoms with Crippen LogP contribution in [0.5, 0.6) is 5.75 Å². The number of hydrogen-bond acceptors (Lipinski definition) is 5. The number of benzene rings is 1. The molecule has 0 radical (unpaired) electrons.